The van der Waals surface area contributed by atoms with E-state index in [-0.39, 0.29) is 36.9 Å². The Morgan fingerprint density at radius 1 is 1.59 bits per heavy atom. The maximum atomic E-state index is 12.7. The van der Waals surface area contributed by atoms with Gasteiger partial charge < -0.3 is 15.8 Å². The topological polar surface area (TPSA) is 88.1 Å². The van der Waals surface area contributed by atoms with E-state index in [9.17, 15) is 9.18 Å². The van der Waals surface area contributed by atoms with E-state index < -0.39 is 5.82 Å². The van der Waals surface area contributed by atoms with Crippen LogP contribution in [-0.4, -0.2) is 19.1 Å². The highest BCUT2D eigenvalue weighted by molar-refractivity contribution is 5.77. The molecule has 0 aliphatic rings. The van der Waals surface area contributed by atoms with Crippen LogP contribution in [0.2, 0.25) is 0 Å². The molecule has 0 aliphatic heterocycles. The minimum absolute atomic E-state index is 0.134. The maximum absolute atomic E-state index is 12.7. The molecular weight excluding hydrogens is 225 g/mol. The number of hydrogen-bond acceptors (Lipinski definition) is 4. The summed E-state index contributed by atoms with van der Waals surface area (Å²) >= 11 is 0. The first-order valence-electron chi connectivity index (χ1n) is 4.95. The van der Waals surface area contributed by atoms with Gasteiger partial charge in [-0.05, 0) is 12.1 Å². The lowest BCUT2D eigenvalue weighted by molar-refractivity contribution is -0.123. The lowest BCUT2D eigenvalue weighted by Gasteiger charge is -2.08. The number of carbonyl (C=O) groups is 1. The Bertz CT molecular complexity index is 443. The molecule has 3 N–H and O–H groups in total. The standard InChI is InChI=1S/C11H12FN3O2/c12-8-2-3-10(9(14)6-8)17-7-11(16)15-5-1-4-13/h2-3,6H,1,5,7,14H2,(H,15,16). The van der Waals surface area contributed by atoms with E-state index in [1.54, 1.807) is 0 Å². The van der Waals surface area contributed by atoms with Gasteiger partial charge in [-0.2, -0.15) is 5.26 Å². The van der Waals surface area contributed by atoms with Gasteiger partial charge in [0.25, 0.3) is 5.91 Å². The van der Waals surface area contributed by atoms with Crippen molar-refractivity contribution in [3.8, 4) is 11.8 Å². The van der Waals surface area contributed by atoms with Crippen LogP contribution in [0, 0.1) is 17.1 Å². The number of carbonyl (C=O) groups excluding carboxylic acids is 1. The molecule has 0 saturated carbocycles. The Morgan fingerprint density at radius 3 is 3.00 bits per heavy atom. The molecular formula is C11H12FN3O2. The normalized spacial score (nSPS) is 9.41. The molecule has 1 aromatic rings. The summed E-state index contributed by atoms with van der Waals surface area (Å²) in [6, 6.07) is 5.56. The van der Waals surface area contributed by atoms with E-state index in [4.69, 9.17) is 15.7 Å². The lowest BCUT2D eigenvalue weighted by atomic mass is 10.3. The van der Waals surface area contributed by atoms with Crippen molar-refractivity contribution >= 4 is 11.6 Å². The summed E-state index contributed by atoms with van der Waals surface area (Å²) in [5, 5.41) is 10.7. The Kier molecular flexibility index (Phi) is 4.76. The monoisotopic (exact) mass is 237 g/mol. The van der Waals surface area contributed by atoms with Crippen LogP contribution in [0.1, 0.15) is 6.42 Å². The van der Waals surface area contributed by atoms with E-state index >= 15 is 0 Å². The summed E-state index contributed by atoms with van der Waals surface area (Å²) in [7, 11) is 0. The van der Waals surface area contributed by atoms with Crippen molar-refractivity contribution in [1.29, 1.82) is 5.26 Å². The van der Waals surface area contributed by atoms with Gasteiger partial charge in [0, 0.05) is 12.6 Å². The summed E-state index contributed by atoms with van der Waals surface area (Å²) < 4.78 is 17.8. The Labute approximate surface area is 98.0 Å². The van der Waals surface area contributed by atoms with Gasteiger partial charge in [0.15, 0.2) is 6.61 Å². The zero-order valence-electron chi connectivity index (χ0n) is 9.07. The van der Waals surface area contributed by atoms with Crippen LogP contribution in [0.25, 0.3) is 0 Å². The molecule has 1 rings (SSSR count). The Balaban J connectivity index is 2.40. The van der Waals surface area contributed by atoms with Crippen molar-refractivity contribution in [2.45, 2.75) is 6.42 Å². The summed E-state index contributed by atoms with van der Waals surface area (Å²) in [5.41, 5.74) is 5.62. The molecule has 90 valence electrons. The van der Waals surface area contributed by atoms with Crippen molar-refractivity contribution in [3.05, 3.63) is 24.0 Å². The van der Waals surface area contributed by atoms with Crippen LogP contribution in [0.5, 0.6) is 5.75 Å². The zero-order valence-corrected chi connectivity index (χ0v) is 9.07. The molecule has 0 bridgehead atoms. The number of ether oxygens (including phenoxy) is 1. The molecule has 0 aromatic heterocycles. The average Bonchev–Trinajstić information content (AvgIpc) is 2.28. The first kappa shape index (κ1) is 12.8. The zero-order chi connectivity index (χ0) is 12.7. The Hall–Kier alpha value is -2.29. The van der Waals surface area contributed by atoms with E-state index in [2.05, 4.69) is 5.32 Å². The predicted molar refractivity (Wildman–Crippen MR) is 59.5 cm³/mol. The fraction of sp³-hybridized carbons (Fsp3) is 0.273. The maximum Gasteiger partial charge on any atom is 0.257 e. The van der Waals surface area contributed by atoms with Gasteiger partial charge in [-0.1, -0.05) is 0 Å². The van der Waals surface area contributed by atoms with E-state index in [1.807, 2.05) is 6.07 Å². The van der Waals surface area contributed by atoms with Gasteiger partial charge in [0.05, 0.1) is 18.2 Å². The third-order valence-corrected chi connectivity index (χ3v) is 1.89. The molecule has 1 aromatic carbocycles. The first-order valence-corrected chi connectivity index (χ1v) is 4.95. The van der Waals surface area contributed by atoms with Crippen molar-refractivity contribution in [2.75, 3.05) is 18.9 Å². The second kappa shape index (κ2) is 6.33. The quantitative estimate of drug-likeness (QED) is 0.586. The van der Waals surface area contributed by atoms with Gasteiger partial charge in [0.1, 0.15) is 11.6 Å². The number of nitriles is 1. The average molecular weight is 237 g/mol. The molecule has 0 saturated heterocycles. The number of amides is 1. The predicted octanol–water partition coefficient (Wildman–Crippen LogP) is 0.817. The third-order valence-electron chi connectivity index (χ3n) is 1.89. The minimum Gasteiger partial charge on any atom is -0.482 e. The fourth-order valence-electron chi connectivity index (χ4n) is 1.10. The summed E-state index contributed by atoms with van der Waals surface area (Å²) in [6.07, 6.45) is 0.241. The molecule has 0 spiro atoms. The van der Waals surface area contributed by atoms with Crippen LogP contribution in [-0.2, 0) is 4.79 Å². The molecule has 0 unspecified atom stereocenters. The van der Waals surface area contributed by atoms with Crippen LogP contribution in [0.3, 0.4) is 0 Å². The number of nitrogens with one attached hydrogen (secondary N) is 1. The van der Waals surface area contributed by atoms with Crippen LogP contribution in [0.15, 0.2) is 18.2 Å². The molecule has 17 heavy (non-hydrogen) atoms. The van der Waals surface area contributed by atoms with Gasteiger partial charge in [-0.25, -0.2) is 4.39 Å². The minimum atomic E-state index is -0.465. The van der Waals surface area contributed by atoms with Crippen LogP contribution < -0.4 is 15.8 Å². The number of benzene rings is 1. The molecule has 0 aliphatic carbocycles. The van der Waals surface area contributed by atoms with Gasteiger partial charge >= 0.3 is 0 Å². The van der Waals surface area contributed by atoms with E-state index in [0.29, 0.717) is 0 Å². The van der Waals surface area contributed by atoms with E-state index in [0.717, 1.165) is 6.07 Å². The number of hydrogen-bond donors (Lipinski definition) is 2. The lowest BCUT2D eigenvalue weighted by Crippen LogP contribution is -2.29. The number of rotatable bonds is 5. The first-order chi connectivity index (χ1) is 8.13. The van der Waals surface area contributed by atoms with Crippen molar-refractivity contribution in [3.63, 3.8) is 0 Å². The highest BCUT2D eigenvalue weighted by Gasteiger charge is 2.05. The van der Waals surface area contributed by atoms with Gasteiger partial charge in [-0.15, -0.1) is 0 Å². The number of nitrogens with zero attached hydrogens (tertiary/aromatic N) is 1. The molecule has 1 amide bonds. The number of nitrogen functional groups attached to an aromatic ring is 1. The van der Waals surface area contributed by atoms with Crippen molar-refractivity contribution in [1.82, 2.24) is 5.32 Å². The Morgan fingerprint density at radius 2 is 2.35 bits per heavy atom. The molecule has 5 nitrogen and oxygen atoms in total. The summed E-state index contributed by atoms with van der Waals surface area (Å²) in [6.45, 7) is 0.0544. The third kappa shape index (κ3) is 4.38. The van der Waals surface area contributed by atoms with E-state index in [1.165, 1.54) is 12.1 Å². The fourth-order valence-corrected chi connectivity index (χ4v) is 1.10. The second-order valence-corrected chi connectivity index (χ2v) is 3.23. The number of nitrogens with two attached hydrogens (primary N) is 1. The molecule has 0 fully saturated rings. The summed E-state index contributed by atoms with van der Waals surface area (Å²) in [5.74, 6) is -0.570. The molecule has 6 heteroatoms. The molecule has 0 atom stereocenters. The summed E-state index contributed by atoms with van der Waals surface area (Å²) in [4.78, 5) is 11.2. The van der Waals surface area contributed by atoms with Crippen molar-refractivity contribution < 1.29 is 13.9 Å². The number of halogens is 1. The highest BCUT2D eigenvalue weighted by Crippen LogP contribution is 2.21. The number of anilines is 1. The van der Waals surface area contributed by atoms with Gasteiger partial charge in [-0.3, -0.25) is 4.79 Å². The SMILES string of the molecule is N#CCCNC(=O)COc1ccc(F)cc1N. The van der Waals surface area contributed by atoms with Crippen LogP contribution in [0.4, 0.5) is 10.1 Å². The smallest absolute Gasteiger partial charge is 0.257 e. The second-order valence-electron chi connectivity index (χ2n) is 3.23. The largest absolute Gasteiger partial charge is 0.482 e. The highest BCUT2D eigenvalue weighted by atomic mass is 19.1. The van der Waals surface area contributed by atoms with Gasteiger partial charge in [0.2, 0.25) is 0 Å². The molecule has 0 radical (unpaired) electrons. The molecule has 0 heterocycles. The van der Waals surface area contributed by atoms with Crippen molar-refractivity contribution in [2.24, 2.45) is 0 Å². The van der Waals surface area contributed by atoms with Crippen LogP contribution >= 0.6 is 0 Å².